The van der Waals surface area contributed by atoms with Crippen LogP contribution < -0.4 is 5.69 Å². The Hall–Kier alpha value is -3.64. The predicted octanol–water partition coefficient (Wildman–Crippen LogP) is 3.26. The fourth-order valence-corrected chi connectivity index (χ4v) is 5.46. The lowest BCUT2D eigenvalue weighted by Crippen LogP contribution is -2.47. The number of nitriles is 1. The number of piperazine rings is 1. The molecule has 2 bridgehead atoms. The third kappa shape index (κ3) is 4.08. The first-order valence-electron chi connectivity index (χ1n) is 11.9. The molecule has 2 saturated heterocycles. The molecule has 3 aromatic rings. The SMILES string of the molecule is Cn1c(=O)n(CC(C)(C)C)c2ccc(-c3cc(CN4C[C@@H]5C[C@H]4CN5C(=O)O)ccc3C#N)nc21. The zero-order valence-corrected chi connectivity index (χ0v) is 20.5. The highest BCUT2D eigenvalue weighted by Gasteiger charge is 2.45. The Balaban J connectivity index is 1.47. The van der Waals surface area contributed by atoms with Gasteiger partial charge in [0, 0.05) is 50.9 Å². The number of fused-ring (bicyclic) bond motifs is 3. The predicted molar refractivity (Wildman–Crippen MR) is 132 cm³/mol. The number of hydrogen-bond donors (Lipinski definition) is 1. The lowest BCUT2D eigenvalue weighted by atomic mass is 9.97. The number of imidazole rings is 1. The number of pyridine rings is 1. The average molecular weight is 475 g/mol. The van der Waals surface area contributed by atoms with E-state index in [4.69, 9.17) is 4.98 Å². The number of likely N-dealkylation sites (tertiary alicyclic amines) is 2. The summed E-state index contributed by atoms with van der Waals surface area (Å²) in [6.45, 7) is 8.82. The molecule has 0 spiro atoms. The van der Waals surface area contributed by atoms with Crippen molar-refractivity contribution in [3.8, 4) is 17.3 Å². The Bertz CT molecular complexity index is 1420. The first kappa shape index (κ1) is 23.1. The molecule has 2 atom stereocenters. The number of carbonyl (C=O) groups is 1. The highest BCUT2D eigenvalue weighted by atomic mass is 16.4. The van der Waals surface area contributed by atoms with Gasteiger partial charge in [-0.15, -0.1) is 0 Å². The molecule has 9 nitrogen and oxygen atoms in total. The Morgan fingerprint density at radius 3 is 2.60 bits per heavy atom. The first-order chi connectivity index (χ1) is 16.6. The minimum Gasteiger partial charge on any atom is -0.465 e. The van der Waals surface area contributed by atoms with E-state index in [2.05, 4.69) is 31.7 Å². The van der Waals surface area contributed by atoms with Gasteiger partial charge < -0.3 is 10.0 Å². The average Bonchev–Trinajstić information content (AvgIpc) is 3.47. The van der Waals surface area contributed by atoms with Crippen molar-refractivity contribution in [1.29, 1.82) is 5.26 Å². The number of benzene rings is 1. The largest absolute Gasteiger partial charge is 0.465 e. The molecule has 1 N–H and O–H groups in total. The number of nitrogens with zero attached hydrogens (tertiary/aromatic N) is 6. The molecule has 0 radical (unpaired) electrons. The monoisotopic (exact) mass is 474 g/mol. The Morgan fingerprint density at radius 1 is 1.20 bits per heavy atom. The topological polar surface area (TPSA) is 107 Å². The summed E-state index contributed by atoms with van der Waals surface area (Å²) in [7, 11) is 1.73. The fraction of sp³-hybridized carbons (Fsp3) is 0.462. The number of carboxylic acid groups (broad SMARTS) is 1. The molecule has 2 aromatic heterocycles. The normalized spacial score (nSPS) is 20.0. The highest BCUT2D eigenvalue weighted by Crippen LogP contribution is 2.33. The third-order valence-electron chi connectivity index (χ3n) is 7.08. The van der Waals surface area contributed by atoms with Gasteiger partial charge in [-0.1, -0.05) is 26.8 Å². The van der Waals surface area contributed by atoms with E-state index in [1.54, 1.807) is 21.1 Å². The van der Waals surface area contributed by atoms with Crippen LogP contribution in [0.1, 0.15) is 38.3 Å². The molecule has 2 aliphatic rings. The molecule has 4 heterocycles. The molecule has 2 fully saturated rings. The van der Waals surface area contributed by atoms with Crippen molar-refractivity contribution < 1.29 is 9.90 Å². The van der Waals surface area contributed by atoms with Crippen molar-refractivity contribution >= 4 is 17.3 Å². The number of hydrogen-bond acceptors (Lipinski definition) is 5. The van der Waals surface area contributed by atoms with E-state index in [0.29, 0.717) is 36.5 Å². The number of amides is 1. The molecule has 35 heavy (non-hydrogen) atoms. The molecule has 0 aliphatic carbocycles. The van der Waals surface area contributed by atoms with Crippen molar-refractivity contribution in [2.45, 2.75) is 52.4 Å². The zero-order valence-electron chi connectivity index (χ0n) is 20.5. The highest BCUT2D eigenvalue weighted by molar-refractivity contribution is 5.78. The molecule has 9 heteroatoms. The number of aromatic nitrogens is 3. The van der Waals surface area contributed by atoms with Gasteiger partial charge in [0.25, 0.3) is 0 Å². The van der Waals surface area contributed by atoms with E-state index in [-0.39, 0.29) is 23.2 Å². The molecule has 2 aliphatic heterocycles. The summed E-state index contributed by atoms with van der Waals surface area (Å²) in [5, 5.41) is 19.1. The third-order valence-corrected chi connectivity index (χ3v) is 7.08. The summed E-state index contributed by atoms with van der Waals surface area (Å²) < 4.78 is 3.33. The van der Waals surface area contributed by atoms with Crippen LogP contribution in [0.25, 0.3) is 22.4 Å². The molecular formula is C26H30N6O3. The van der Waals surface area contributed by atoms with Crippen LogP contribution in [-0.4, -0.2) is 60.3 Å². The minimum absolute atomic E-state index is 0.0536. The van der Waals surface area contributed by atoms with Gasteiger partial charge in [0.2, 0.25) is 0 Å². The molecule has 0 unspecified atom stereocenters. The Labute approximate surface area is 203 Å². The van der Waals surface area contributed by atoms with Gasteiger partial charge in [-0.05, 0) is 41.7 Å². The maximum atomic E-state index is 12.9. The van der Waals surface area contributed by atoms with Gasteiger partial charge in [-0.25, -0.2) is 14.6 Å². The van der Waals surface area contributed by atoms with Crippen molar-refractivity contribution in [3.05, 3.63) is 51.9 Å². The summed E-state index contributed by atoms with van der Waals surface area (Å²) in [4.78, 5) is 33.0. The smallest absolute Gasteiger partial charge is 0.407 e. The second kappa shape index (κ2) is 8.24. The summed E-state index contributed by atoms with van der Waals surface area (Å²) in [6.07, 6.45) is 0.0257. The van der Waals surface area contributed by atoms with Crippen LogP contribution in [0.3, 0.4) is 0 Å². The summed E-state index contributed by atoms with van der Waals surface area (Å²) >= 11 is 0. The maximum absolute atomic E-state index is 12.9. The quantitative estimate of drug-likeness (QED) is 0.622. The van der Waals surface area contributed by atoms with Gasteiger partial charge in [-0.3, -0.25) is 14.0 Å². The second-order valence-corrected chi connectivity index (χ2v) is 10.9. The van der Waals surface area contributed by atoms with Crippen molar-refractivity contribution in [2.75, 3.05) is 13.1 Å². The van der Waals surface area contributed by atoms with Gasteiger partial charge in [-0.2, -0.15) is 5.26 Å². The molecule has 1 amide bonds. The second-order valence-electron chi connectivity index (χ2n) is 10.9. The van der Waals surface area contributed by atoms with Crippen LogP contribution in [-0.2, 0) is 20.1 Å². The first-order valence-corrected chi connectivity index (χ1v) is 11.9. The van der Waals surface area contributed by atoms with E-state index in [9.17, 15) is 20.0 Å². The lowest BCUT2D eigenvalue weighted by Gasteiger charge is -2.32. The van der Waals surface area contributed by atoms with E-state index in [1.165, 1.54) is 0 Å². The standard InChI is InChI=1S/C26H30N6O3/c1-26(2,3)15-32-22-8-7-21(28-23(22)29(4)24(32)33)20-9-16(5-6-17(20)11-27)12-30-13-19-10-18(30)14-31(19)25(34)35/h5-9,18-19H,10,12-15H2,1-4H3,(H,34,35)/t18-,19-/m0/s1. The summed E-state index contributed by atoms with van der Waals surface area (Å²) in [5.74, 6) is 0. The maximum Gasteiger partial charge on any atom is 0.407 e. The fourth-order valence-electron chi connectivity index (χ4n) is 5.46. The van der Waals surface area contributed by atoms with Crippen molar-refractivity contribution in [2.24, 2.45) is 12.5 Å². The Kier molecular flexibility index (Phi) is 5.44. The molecule has 0 saturated carbocycles. The number of rotatable bonds is 4. The van der Waals surface area contributed by atoms with Crippen LogP contribution in [0, 0.1) is 16.7 Å². The Morgan fingerprint density at radius 2 is 1.97 bits per heavy atom. The zero-order chi connectivity index (χ0) is 25.1. The molecule has 182 valence electrons. The molecule has 1 aromatic carbocycles. The van der Waals surface area contributed by atoms with E-state index in [0.717, 1.165) is 29.6 Å². The van der Waals surface area contributed by atoms with Gasteiger partial charge in [0.15, 0.2) is 5.65 Å². The summed E-state index contributed by atoms with van der Waals surface area (Å²) in [5.41, 5.74) is 4.18. The van der Waals surface area contributed by atoms with Gasteiger partial charge in [0.05, 0.1) is 22.8 Å². The van der Waals surface area contributed by atoms with E-state index in [1.807, 2.05) is 30.3 Å². The van der Waals surface area contributed by atoms with Crippen LogP contribution in [0.4, 0.5) is 4.79 Å². The van der Waals surface area contributed by atoms with Gasteiger partial charge >= 0.3 is 11.8 Å². The van der Waals surface area contributed by atoms with Gasteiger partial charge in [0.1, 0.15) is 0 Å². The van der Waals surface area contributed by atoms with E-state index < -0.39 is 6.09 Å². The van der Waals surface area contributed by atoms with Crippen LogP contribution in [0.15, 0.2) is 35.1 Å². The minimum atomic E-state index is -0.843. The number of aryl methyl sites for hydroxylation is 1. The molecule has 5 rings (SSSR count). The van der Waals surface area contributed by atoms with Crippen LogP contribution >= 0.6 is 0 Å². The lowest BCUT2D eigenvalue weighted by molar-refractivity contribution is 0.100. The van der Waals surface area contributed by atoms with Crippen molar-refractivity contribution in [1.82, 2.24) is 23.9 Å². The summed E-state index contributed by atoms with van der Waals surface area (Å²) in [6, 6.07) is 12.1. The van der Waals surface area contributed by atoms with Crippen molar-refractivity contribution in [3.63, 3.8) is 0 Å². The molecular weight excluding hydrogens is 444 g/mol. The van der Waals surface area contributed by atoms with Crippen LogP contribution in [0.5, 0.6) is 0 Å². The van der Waals surface area contributed by atoms with E-state index >= 15 is 0 Å². The van der Waals surface area contributed by atoms with Crippen LogP contribution in [0.2, 0.25) is 0 Å².